The highest BCUT2D eigenvalue weighted by Crippen LogP contribution is 2.25. The second kappa shape index (κ2) is 5.20. The second-order valence-electron chi connectivity index (χ2n) is 4.67. The number of hydrogen-bond acceptors (Lipinski definition) is 4. The van der Waals surface area contributed by atoms with E-state index in [9.17, 15) is 4.79 Å². The first-order valence-corrected chi connectivity index (χ1v) is 7.06. The largest absolute Gasteiger partial charge is 0.309 e. The van der Waals surface area contributed by atoms with Crippen LogP contribution >= 0.6 is 11.3 Å². The van der Waals surface area contributed by atoms with Crippen LogP contribution in [0.2, 0.25) is 0 Å². The molecule has 0 aliphatic carbocycles. The number of aromatic nitrogens is 2. The summed E-state index contributed by atoms with van der Waals surface area (Å²) in [5.74, 6) is 0.717. The third-order valence-electron chi connectivity index (χ3n) is 3.32. The molecule has 1 atom stereocenters. The van der Waals surface area contributed by atoms with Gasteiger partial charge < -0.3 is 10.3 Å². The van der Waals surface area contributed by atoms with Crippen molar-refractivity contribution in [2.24, 2.45) is 0 Å². The number of nitrogens with one attached hydrogen (secondary N) is 2. The number of aromatic amines is 1. The Labute approximate surface area is 110 Å². The van der Waals surface area contributed by atoms with E-state index in [1.54, 1.807) is 11.3 Å². The molecule has 2 aromatic heterocycles. The highest BCUT2D eigenvalue weighted by atomic mass is 32.1. The summed E-state index contributed by atoms with van der Waals surface area (Å²) in [7, 11) is 0. The minimum absolute atomic E-state index is 0.0252. The average Bonchev–Trinajstić information content (AvgIpc) is 2.62. The molecule has 0 bridgehead atoms. The molecule has 0 radical (unpaired) electrons. The maximum Gasteiger partial charge on any atom is 0.259 e. The quantitative estimate of drug-likeness (QED) is 0.893. The van der Waals surface area contributed by atoms with Gasteiger partial charge in [0, 0.05) is 10.9 Å². The van der Waals surface area contributed by atoms with Crippen LogP contribution in [0.1, 0.15) is 36.5 Å². The van der Waals surface area contributed by atoms with Gasteiger partial charge in [0.25, 0.3) is 5.56 Å². The number of thiophene rings is 1. The normalized spacial score (nSPS) is 13.1. The summed E-state index contributed by atoms with van der Waals surface area (Å²) in [6, 6.07) is 0.429. The molecule has 0 amide bonds. The third-order valence-corrected chi connectivity index (χ3v) is 4.42. The molecule has 0 fully saturated rings. The van der Waals surface area contributed by atoms with E-state index in [1.165, 1.54) is 0 Å². The molecule has 4 nitrogen and oxygen atoms in total. The highest BCUT2D eigenvalue weighted by Gasteiger charge is 2.11. The van der Waals surface area contributed by atoms with Gasteiger partial charge in [0.1, 0.15) is 10.7 Å². The number of fused-ring (bicyclic) bond motifs is 1. The van der Waals surface area contributed by atoms with Crippen LogP contribution in [-0.4, -0.2) is 16.0 Å². The summed E-state index contributed by atoms with van der Waals surface area (Å²) in [6.07, 6.45) is 1.06. The van der Waals surface area contributed by atoms with Crippen LogP contribution in [0.25, 0.3) is 10.2 Å². The molecule has 2 N–H and O–H groups in total. The Bertz CT molecular complexity index is 614. The first-order valence-electron chi connectivity index (χ1n) is 6.25. The van der Waals surface area contributed by atoms with Gasteiger partial charge in [0.2, 0.25) is 0 Å². The van der Waals surface area contributed by atoms with E-state index in [4.69, 9.17) is 0 Å². The molecule has 0 aliphatic rings. The third kappa shape index (κ3) is 2.47. The van der Waals surface area contributed by atoms with Crippen molar-refractivity contribution in [2.45, 2.75) is 46.7 Å². The van der Waals surface area contributed by atoms with E-state index in [0.717, 1.165) is 27.1 Å². The summed E-state index contributed by atoms with van der Waals surface area (Å²) >= 11 is 1.59. The molecule has 98 valence electrons. The minimum atomic E-state index is -0.0252. The zero-order chi connectivity index (χ0) is 13.3. The topological polar surface area (TPSA) is 57.8 Å². The fourth-order valence-corrected chi connectivity index (χ4v) is 2.85. The Morgan fingerprint density at radius 3 is 2.83 bits per heavy atom. The van der Waals surface area contributed by atoms with Crippen molar-refractivity contribution in [1.29, 1.82) is 0 Å². The maximum absolute atomic E-state index is 12.0. The molecule has 2 rings (SSSR count). The van der Waals surface area contributed by atoms with Gasteiger partial charge in [-0.15, -0.1) is 11.3 Å². The lowest BCUT2D eigenvalue weighted by atomic mass is 10.2. The molecule has 0 aliphatic heterocycles. The second-order valence-corrected chi connectivity index (χ2v) is 5.87. The Kier molecular flexibility index (Phi) is 3.82. The molecular weight excluding hydrogens is 246 g/mol. The van der Waals surface area contributed by atoms with E-state index in [-0.39, 0.29) is 5.56 Å². The minimum Gasteiger partial charge on any atom is -0.309 e. The lowest BCUT2D eigenvalue weighted by Gasteiger charge is -2.10. The Balaban J connectivity index is 2.35. The van der Waals surface area contributed by atoms with Gasteiger partial charge in [-0.1, -0.05) is 6.92 Å². The van der Waals surface area contributed by atoms with Gasteiger partial charge in [-0.3, -0.25) is 4.79 Å². The fraction of sp³-hybridized carbons (Fsp3) is 0.538. The molecule has 5 heteroatoms. The molecular formula is C13H19N3OS. The first kappa shape index (κ1) is 13.2. The van der Waals surface area contributed by atoms with E-state index in [0.29, 0.717) is 18.4 Å². The molecule has 2 heterocycles. The maximum atomic E-state index is 12.0. The van der Waals surface area contributed by atoms with Crippen LogP contribution in [0.5, 0.6) is 0 Å². The van der Waals surface area contributed by atoms with Gasteiger partial charge >= 0.3 is 0 Å². The van der Waals surface area contributed by atoms with Crippen molar-refractivity contribution in [1.82, 2.24) is 15.3 Å². The fourth-order valence-electron chi connectivity index (χ4n) is 1.80. The lowest BCUT2D eigenvalue weighted by molar-refractivity contribution is 0.523. The molecule has 0 saturated carbocycles. The van der Waals surface area contributed by atoms with Gasteiger partial charge in [-0.2, -0.15) is 0 Å². The lowest BCUT2D eigenvalue weighted by Crippen LogP contribution is -2.26. The Morgan fingerprint density at radius 1 is 1.44 bits per heavy atom. The smallest absolute Gasteiger partial charge is 0.259 e. The Hall–Kier alpha value is -1.20. The molecule has 2 aromatic rings. The van der Waals surface area contributed by atoms with E-state index < -0.39 is 0 Å². The SMILES string of the molecule is CCC(C)NCc1nc2sc(C)c(C)c2c(=O)[nH]1. The van der Waals surface area contributed by atoms with Crippen LogP contribution in [0.3, 0.4) is 0 Å². The molecule has 1 unspecified atom stereocenters. The summed E-state index contributed by atoms with van der Waals surface area (Å²) in [5, 5.41) is 4.07. The van der Waals surface area contributed by atoms with Crippen molar-refractivity contribution in [3.8, 4) is 0 Å². The van der Waals surface area contributed by atoms with Crippen LogP contribution in [0.4, 0.5) is 0 Å². The van der Waals surface area contributed by atoms with Crippen molar-refractivity contribution < 1.29 is 0 Å². The summed E-state index contributed by atoms with van der Waals surface area (Å²) in [4.78, 5) is 21.4. The first-order chi connectivity index (χ1) is 8.52. The van der Waals surface area contributed by atoms with Gasteiger partial charge in [-0.25, -0.2) is 4.98 Å². The van der Waals surface area contributed by atoms with Crippen LogP contribution < -0.4 is 10.9 Å². The zero-order valence-electron chi connectivity index (χ0n) is 11.3. The van der Waals surface area contributed by atoms with Gasteiger partial charge in [0.15, 0.2) is 0 Å². The predicted octanol–water partition coefficient (Wildman–Crippen LogP) is 2.49. The van der Waals surface area contributed by atoms with Gasteiger partial charge in [0.05, 0.1) is 11.9 Å². The number of H-pyrrole nitrogens is 1. The molecule has 18 heavy (non-hydrogen) atoms. The van der Waals surface area contributed by atoms with Crippen molar-refractivity contribution in [2.75, 3.05) is 0 Å². The van der Waals surface area contributed by atoms with Crippen molar-refractivity contribution in [3.63, 3.8) is 0 Å². The van der Waals surface area contributed by atoms with E-state index >= 15 is 0 Å². The zero-order valence-corrected chi connectivity index (χ0v) is 12.1. The number of aryl methyl sites for hydroxylation is 2. The molecule has 0 spiro atoms. The standard InChI is InChI=1S/C13H19N3OS/c1-5-7(2)14-6-10-15-12(17)11-8(3)9(4)18-13(11)16-10/h7,14H,5-6H2,1-4H3,(H,15,16,17). The summed E-state index contributed by atoms with van der Waals surface area (Å²) < 4.78 is 0. The monoisotopic (exact) mass is 265 g/mol. The number of nitrogens with zero attached hydrogens (tertiary/aromatic N) is 1. The van der Waals surface area contributed by atoms with E-state index in [2.05, 4.69) is 29.1 Å². The van der Waals surface area contributed by atoms with Crippen LogP contribution in [0.15, 0.2) is 4.79 Å². The molecule has 0 aromatic carbocycles. The molecule has 0 saturated heterocycles. The van der Waals surface area contributed by atoms with E-state index in [1.807, 2.05) is 13.8 Å². The van der Waals surface area contributed by atoms with Crippen LogP contribution in [0, 0.1) is 13.8 Å². The van der Waals surface area contributed by atoms with Crippen LogP contribution in [-0.2, 0) is 6.54 Å². The van der Waals surface area contributed by atoms with Gasteiger partial charge in [-0.05, 0) is 32.8 Å². The van der Waals surface area contributed by atoms with Crippen molar-refractivity contribution >= 4 is 21.6 Å². The summed E-state index contributed by atoms with van der Waals surface area (Å²) in [6.45, 7) is 8.86. The highest BCUT2D eigenvalue weighted by molar-refractivity contribution is 7.18. The van der Waals surface area contributed by atoms with Crippen molar-refractivity contribution in [3.05, 3.63) is 26.6 Å². The number of rotatable bonds is 4. The average molecular weight is 265 g/mol. The Morgan fingerprint density at radius 2 is 2.17 bits per heavy atom. The summed E-state index contributed by atoms with van der Waals surface area (Å²) in [5.41, 5.74) is 1.02. The predicted molar refractivity (Wildman–Crippen MR) is 76.3 cm³/mol. The number of hydrogen-bond donors (Lipinski definition) is 2.